The second kappa shape index (κ2) is 5.46. The fourth-order valence-electron chi connectivity index (χ4n) is 1.98. The van der Waals surface area contributed by atoms with Crippen LogP contribution in [0.1, 0.15) is 22.7 Å². The van der Waals surface area contributed by atoms with E-state index in [-0.39, 0.29) is 16.6 Å². The van der Waals surface area contributed by atoms with E-state index in [0.29, 0.717) is 5.69 Å². The molecule has 0 radical (unpaired) electrons. The first-order chi connectivity index (χ1) is 9.29. The van der Waals surface area contributed by atoms with Crippen LogP contribution in [0.3, 0.4) is 0 Å². The lowest BCUT2D eigenvalue weighted by atomic mass is 10.2. The normalized spacial score (nSPS) is 13.2. The van der Waals surface area contributed by atoms with E-state index >= 15 is 0 Å². The van der Waals surface area contributed by atoms with Crippen molar-refractivity contribution in [3.8, 4) is 0 Å². The summed E-state index contributed by atoms with van der Waals surface area (Å²) in [7, 11) is -3.31. The van der Waals surface area contributed by atoms with E-state index in [1.54, 1.807) is 23.5 Å². The molecule has 0 bridgehead atoms. The van der Waals surface area contributed by atoms with Crippen LogP contribution < -0.4 is 11.1 Å². The van der Waals surface area contributed by atoms with Gasteiger partial charge in [-0.15, -0.1) is 11.3 Å². The van der Waals surface area contributed by atoms with Crippen molar-refractivity contribution in [1.82, 2.24) is 0 Å². The monoisotopic (exact) mass is 310 g/mol. The fourth-order valence-corrected chi connectivity index (χ4v) is 3.70. The van der Waals surface area contributed by atoms with Crippen molar-refractivity contribution in [3.05, 3.63) is 40.1 Å². The third-order valence-electron chi connectivity index (χ3n) is 3.03. The molecule has 0 aliphatic heterocycles. The topological polar surface area (TPSA) is 72.2 Å². The SMILES string of the molecule is Cc1ccc(C(C)Nc2cccc(S(C)(=O)=O)c2N)s1. The Morgan fingerprint density at radius 2 is 1.95 bits per heavy atom. The number of thiophene rings is 1. The van der Waals surface area contributed by atoms with Crippen molar-refractivity contribution in [3.63, 3.8) is 0 Å². The molecule has 2 rings (SSSR count). The van der Waals surface area contributed by atoms with Gasteiger partial charge in [0.25, 0.3) is 0 Å². The lowest BCUT2D eigenvalue weighted by Gasteiger charge is -2.17. The van der Waals surface area contributed by atoms with E-state index in [0.717, 1.165) is 6.26 Å². The van der Waals surface area contributed by atoms with Crippen molar-refractivity contribution >= 4 is 32.5 Å². The van der Waals surface area contributed by atoms with Crippen LogP contribution in [-0.2, 0) is 9.84 Å². The molecule has 0 amide bonds. The minimum atomic E-state index is -3.31. The Bertz CT molecular complexity index is 721. The summed E-state index contributed by atoms with van der Waals surface area (Å²) in [5.74, 6) is 0. The van der Waals surface area contributed by atoms with Gasteiger partial charge in [-0.2, -0.15) is 0 Å². The zero-order valence-corrected chi connectivity index (χ0v) is 13.3. The second-order valence-corrected chi connectivity index (χ2v) is 8.11. The molecule has 0 fully saturated rings. The molecule has 2 aromatic rings. The Balaban J connectivity index is 2.31. The summed E-state index contributed by atoms with van der Waals surface area (Å²) in [4.78, 5) is 2.59. The molecule has 1 aromatic carbocycles. The summed E-state index contributed by atoms with van der Waals surface area (Å²) < 4.78 is 23.3. The van der Waals surface area contributed by atoms with E-state index in [1.165, 1.54) is 15.8 Å². The molecule has 1 unspecified atom stereocenters. The van der Waals surface area contributed by atoms with Gasteiger partial charge in [-0.05, 0) is 38.1 Å². The molecular weight excluding hydrogens is 292 g/mol. The van der Waals surface area contributed by atoms with Crippen molar-refractivity contribution in [1.29, 1.82) is 0 Å². The highest BCUT2D eigenvalue weighted by molar-refractivity contribution is 7.90. The average Bonchev–Trinajstić information content (AvgIpc) is 2.77. The number of hydrogen-bond donors (Lipinski definition) is 2. The van der Waals surface area contributed by atoms with Gasteiger partial charge in [0, 0.05) is 16.0 Å². The molecule has 0 saturated heterocycles. The van der Waals surface area contributed by atoms with Gasteiger partial charge < -0.3 is 11.1 Å². The maximum Gasteiger partial charge on any atom is 0.177 e. The Kier molecular flexibility index (Phi) is 4.06. The fraction of sp³-hybridized carbons (Fsp3) is 0.286. The molecule has 1 aromatic heterocycles. The Hall–Kier alpha value is -1.53. The minimum absolute atomic E-state index is 0.0748. The second-order valence-electron chi connectivity index (χ2n) is 4.80. The van der Waals surface area contributed by atoms with Crippen molar-refractivity contribution in [2.45, 2.75) is 24.8 Å². The van der Waals surface area contributed by atoms with Crippen LogP contribution in [0.5, 0.6) is 0 Å². The quantitative estimate of drug-likeness (QED) is 0.851. The molecule has 6 heteroatoms. The number of nitrogens with one attached hydrogen (secondary N) is 1. The molecule has 0 saturated carbocycles. The number of sulfone groups is 1. The summed E-state index contributed by atoms with van der Waals surface area (Å²) >= 11 is 1.71. The van der Waals surface area contributed by atoms with Crippen LogP contribution >= 0.6 is 11.3 Å². The Labute approximate surface area is 123 Å². The molecule has 0 aliphatic carbocycles. The maximum atomic E-state index is 11.7. The third kappa shape index (κ3) is 3.13. The van der Waals surface area contributed by atoms with Crippen molar-refractivity contribution < 1.29 is 8.42 Å². The first-order valence-corrected chi connectivity index (χ1v) is 8.91. The Morgan fingerprint density at radius 3 is 2.50 bits per heavy atom. The van der Waals surface area contributed by atoms with Crippen LogP contribution in [-0.4, -0.2) is 14.7 Å². The molecular formula is C14H18N2O2S2. The van der Waals surface area contributed by atoms with Crippen LogP contribution in [0.4, 0.5) is 11.4 Å². The van der Waals surface area contributed by atoms with Gasteiger partial charge in [0.05, 0.1) is 22.3 Å². The summed E-state index contributed by atoms with van der Waals surface area (Å²) in [6.07, 6.45) is 1.16. The van der Waals surface area contributed by atoms with Gasteiger partial charge in [0.15, 0.2) is 9.84 Å². The van der Waals surface area contributed by atoms with Crippen LogP contribution in [0, 0.1) is 6.92 Å². The van der Waals surface area contributed by atoms with Gasteiger partial charge in [0.1, 0.15) is 0 Å². The van der Waals surface area contributed by atoms with Gasteiger partial charge in [-0.25, -0.2) is 8.42 Å². The molecule has 0 aliphatic rings. The van der Waals surface area contributed by atoms with Gasteiger partial charge in [0.2, 0.25) is 0 Å². The predicted molar refractivity (Wildman–Crippen MR) is 85.1 cm³/mol. The Morgan fingerprint density at radius 1 is 1.25 bits per heavy atom. The number of rotatable bonds is 4. The summed E-state index contributed by atoms with van der Waals surface area (Å²) in [5, 5.41) is 3.27. The number of hydrogen-bond acceptors (Lipinski definition) is 5. The number of benzene rings is 1. The van der Waals surface area contributed by atoms with Gasteiger partial charge in [-0.3, -0.25) is 0 Å². The number of para-hydroxylation sites is 1. The highest BCUT2D eigenvalue weighted by Crippen LogP contribution is 2.31. The van der Waals surface area contributed by atoms with Gasteiger partial charge >= 0.3 is 0 Å². The molecule has 3 N–H and O–H groups in total. The third-order valence-corrected chi connectivity index (χ3v) is 5.36. The minimum Gasteiger partial charge on any atom is -0.396 e. The zero-order valence-electron chi connectivity index (χ0n) is 11.7. The number of nitrogens with two attached hydrogens (primary N) is 1. The number of anilines is 2. The molecule has 4 nitrogen and oxygen atoms in total. The van der Waals surface area contributed by atoms with E-state index in [9.17, 15) is 8.42 Å². The average molecular weight is 310 g/mol. The standard InChI is InChI=1S/C14H18N2O2S2/c1-9-7-8-12(19-9)10(2)16-11-5-4-6-13(14(11)15)20(3,17)18/h4-8,10,16H,15H2,1-3H3. The van der Waals surface area contributed by atoms with E-state index < -0.39 is 9.84 Å². The summed E-state index contributed by atoms with van der Waals surface area (Å²) in [5.41, 5.74) is 6.88. The summed E-state index contributed by atoms with van der Waals surface area (Å²) in [6, 6.07) is 9.21. The van der Waals surface area contributed by atoms with E-state index in [4.69, 9.17) is 5.73 Å². The largest absolute Gasteiger partial charge is 0.396 e. The van der Waals surface area contributed by atoms with Crippen molar-refractivity contribution in [2.75, 3.05) is 17.3 Å². The lowest BCUT2D eigenvalue weighted by Crippen LogP contribution is -2.10. The molecule has 1 atom stereocenters. The van der Waals surface area contributed by atoms with Crippen LogP contribution in [0.2, 0.25) is 0 Å². The van der Waals surface area contributed by atoms with E-state index in [1.807, 2.05) is 6.92 Å². The maximum absolute atomic E-state index is 11.7. The molecule has 108 valence electrons. The number of nitrogen functional groups attached to an aromatic ring is 1. The highest BCUT2D eigenvalue weighted by atomic mass is 32.2. The summed E-state index contributed by atoms with van der Waals surface area (Å²) in [6.45, 7) is 4.08. The lowest BCUT2D eigenvalue weighted by molar-refractivity contribution is 0.602. The number of aryl methyl sites for hydroxylation is 1. The molecule has 1 heterocycles. The van der Waals surface area contributed by atoms with Crippen molar-refractivity contribution in [2.24, 2.45) is 0 Å². The first kappa shape index (κ1) is 14.9. The van der Waals surface area contributed by atoms with Crippen LogP contribution in [0.15, 0.2) is 35.2 Å². The highest BCUT2D eigenvalue weighted by Gasteiger charge is 2.16. The van der Waals surface area contributed by atoms with Crippen LogP contribution in [0.25, 0.3) is 0 Å². The van der Waals surface area contributed by atoms with Gasteiger partial charge in [-0.1, -0.05) is 6.07 Å². The molecule has 20 heavy (non-hydrogen) atoms. The first-order valence-electron chi connectivity index (χ1n) is 6.20. The zero-order chi connectivity index (χ0) is 14.9. The smallest absolute Gasteiger partial charge is 0.177 e. The van der Waals surface area contributed by atoms with E-state index in [2.05, 4.69) is 24.4 Å². The predicted octanol–water partition coefficient (Wildman–Crippen LogP) is 3.22. The molecule has 0 spiro atoms.